The van der Waals surface area contributed by atoms with Gasteiger partial charge in [-0.2, -0.15) is 0 Å². The molecule has 4 aromatic rings. The molecule has 2 aliphatic carbocycles. The van der Waals surface area contributed by atoms with Gasteiger partial charge in [0.25, 0.3) is 5.91 Å². The molecule has 244 valence electrons. The predicted molar refractivity (Wildman–Crippen MR) is 173 cm³/mol. The number of carboxylic acids is 1. The monoisotopic (exact) mass is 644 g/mol. The van der Waals surface area contributed by atoms with Crippen LogP contribution >= 0.6 is 0 Å². The molecule has 2 aromatic carbocycles. The van der Waals surface area contributed by atoms with Gasteiger partial charge in [0, 0.05) is 87.6 Å². The lowest BCUT2D eigenvalue weighted by molar-refractivity contribution is 0.0693. The van der Waals surface area contributed by atoms with E-state index in [9.17, 15) is 24.3 Å². The zero-order chi connectivity index (χ0) is 32.6. The first kappa shape index (κ1) is 29.6. The lowest BCUT2D eigenvalue weighted by atomic mass is 10.1. The third-order valence-corrected chi connectivity index (χ3v) is 9.91. The van der Waals surface area contributed by atoms with Gasteiger partial charge in [0.1, 0.15) is 22.8 Å². The van der Waals surface area contributed by atoms with Crippen LogP contribution in [-0.4, -0.2) is 83.4 Å². The first-order chi connectivity index (χ1) is 22.7. The highest BCUT2D eigenvalue weighted by Gasteiger charge is 2.32. The van der Waals surface area contributed by atoms with Crippen molar-refractivity contribution in [3.05, 3.63) is 79.9 Å². The number of rotatable bonds is 6. The summed E-state index contributed by atoms with van der Waals surface area (Å²) >= 11 is 0. The van der Waals surface area contributed by atoms with Crippen LogP contribution in [-0.2, 0) is 0 Å². The molecule has 4 aliphatic rings. The highest BCUT2D eigenvalue weighted by Crippen LogP contribution is 2.39. The molecule has 13 heteroatoms. The summed E-state index contributed by atoms with van der Waals surface area (Å²) < 4.78 is 34.6. The number of pyridine rings is 2. The summed E-state index contributed by atoms with van der Waals surface area (Å²) in [6.07, 6.45) is 6.47. The summed E-state index contributed by atoms with van der Waals surface area (Å²) in [5, 5.41) is 13.0. The van der Waals surface area contributed by atoms with Crippen LogP contribution in [0.15, 0.2) is 46.2 Å². The first-order valence-corrected chi connectivity index (χ1v) is 16.2. The minimum atomic E-state index is -1.35. The number of carbonyl (C=O) groups excluding carboxylic acids is 1. The molecule has 2 N–H and O–H groups in total. The molecular weight excluding hydrogens is 610 g/mol. The Kier molecular flexibility index (Phi) is 7.05. The molecule has 8 rings (SSSR count). The molecule has 2 aromatic heterocycles. The Bertz CT molecular complexity index is 2090. The van der Waals surface area contributed by atoms with E-state index in [1.165, 1.54) is 12.3 Å². The molecule has 0 unspecified atom stereocenters. The molecule has 0 atom stereocenters. The number of nitrogens with zero attached hydrogens (tertiary/aromatic N) is 5. The minimum Gasteiger partial charge on any atom is -0.477 e. The topological polar surface area (TPSA) is 120 Å². The smallest absolute Gasteiger partial charge is 0.341 e. The molecule has 2 aliphatic heterocycles. The Morgan fingerprint density at radius 2 is 1.15 bits per heavy atom. The van der Waals surface area contributed by atoms with Crippen LogP contribution in [0.2, 0.25) is 0 Å². The van der Waals surface area contributed by atoms with Crippen molar-refractivity contribution in [2.75, 3.05) is 62.2 Å². The second-order valence-electron chi connectivity index (χ2n) is 13.0. The first-order valence-electron chi connectivity index (χ1n) is 16.2. The lowest BCUT2D eigenvalue weighted by Gasteiger charge is -2.36. The zero-order valence-corrected chi connectivity index (χ0v) is 25.7. The van der Waals surface area contributed by atoms with Crippen molar-refractivity contribution < 1.29 is 23.5 Å². The highest BCUT2D eigenvalue weighted by atomic mass is 19.1. The third kappa shape index (κ3) is 5.13. The van der Waals surface area contributed by atoms with Gasteiger partial charge < -0.3 is 34.3 Å². The highest BCUT2D eigenvalue weighted by molar-refractivity contribution is 5.98. The van der Waals surface area contributed by atoms with Crippen molar-refractivity contribution in [3.63, 3.8) is 0 Å². The average molecular weight is 645 g/mol. The number of nitrogens with one attached hydrogen (secondary N) is 1. The summed E-state index contributed by atoms with van der Waals surface area (Å²) in [4.78, 5) is 57.4. The predicted octanol–water partition coefficient (Wildman–Crippen LogP) is 3.33. The fourth-order valence-electron chi connectivity index (χ4n) is 7.04. The van der Waals surface area contributed by atoms with Crippen molar-refractivity contribution in [2.24, 2.45) is 0 Å². The number of anilines is 2. The maximum Gasteiger partial charge on any atom is 0.341 e. The number of hydrogen-bond acceptors (Lipinski definition) is 7. The van der Waals surface area contributed by atoms with Crippen LogP contribution in [0.5, 0.6) is 0 Å². The second kappa shape index (κ2) is 11.2. The van der Waals surface area contributed by atoms with Gasteiger partial charge in [-0.3, -0.25) is 14.4 Å². The molecule has 4 heterocycles. The molecule has 2 saturated heterocycles. The average Bonchev–Trinajstić information content (AvgIpc) is 4.00. The van der Waals surface area contributed by atoms with Crippen LogP contribution in [0, 0.1) is 11.6 Å². The molecule has 1 amide bonds. The van der Waals surface area contributed by atoms with E-state index in [0.717, 1.165) is 44.8 Å². The van der Waals surface area contributed by atoms with Gasteiger partial charge in [-0.05, 0) is 49.9 Å². The number of carboxylic acid groups (broad SMARTS) is 1. The number of aromatic nitrogens is 2. The maximum atomic E-state index is 15.5. The van der Waals surface area contributed by atoms with Crippen molar-refractivity contribution in [1.82, 2.24) is 19.4 Å². The fourth-order valence-corrected chi connectivity index (χ4v) is 7.04. The van der Waals surface area contributed by atoms with Gasteiger partial charge in [0.05, 0.1) is 22.4 Å². The fraction of sp³-hybridized carbons (Fsp3) is 0.412. The van der Waals surface area contributed by atoms with Gasteiger partial charge in [-0.1, -0.05) is 0 Å². The summed E-state index contributed by atoms with van der Waals surface area (Å²) in [6, 6.07) is 5.90. The van der Waals surface area contributed by atoms with Gasteiger partial charge in [0.15, 0.2) is 0 Å². The van der Waals surface area contributed by atoms with Crippen LogP contribution < -0.4 is 26.0 Å². The Hall–Kier alpha value is -4.78. The van der Waals surface area contributed by atoms with Crippen LogP contribution in [0.3, 0.4) is 0 Å². The Morgan fingerprint density at radius 3 is 1.64 bits per heavy atom. The third-order valence-electron chi connectivity index (χ3n) is 9.91. The Morgan fingerprint density at radius 1 is 0.681 bits per heavy atom. The normalized spacial score (nSPS) is 18.7. The molecule has 47 heavy (non-hydrogen) atoms. The van der Waals surface area contributed by atoms with Gasteiger partial charge in [0.2, 0.25) is 10.9 Å². The van der Waals surface area contributed by atoms with Crippen molar-refractivity contribution in [2.45, 2.75) is 37.8 Å². The van der Waals surface area contributed by atoms with Crippen molar-refractivity contribution >= 4 is 45.1 Å². The maximum absolute atomic E-state index is 15.5. The molecule has 0 bridgehead atoms. The number of amides is 1. The van der Waals surface area contributed by atoms with E-state index in [-0.39, 0.29) is 65.8 Å². The number of aromatic carboxylic acids is 1. The largest absolute Gasteiger partial charge is 0.477 e. The van der Waals surface area contributed by atoms with Crippen LogP contribution in [0.4, 0.5) is 20.2 Å². The molecule has 11 nitrogen and oxygen atoms in total. The number of carbonyl (C=O) groups is 2. The molecule has 4 fully saturated rings. The SMILES string of the molecule is O=C(O)c1cn(C2CC2)c2cc(N3CCN(C(=O)c4cn(C5CC5)c5cc(N6CCNCC6)c(F)cc5c4=O)CC3)c(F)cc2c1=O. The Labute approximate surface area is 267 Å². The van der Waals surface area contributed by atoms with Crippen molar-refractivity contribution in [1.29, 1.82) is 0 Å². The van der Waals surface area contributed by atoms with Gasteiger partial charge in [-0.15, -0.1) is 0 Å². The number of piperazine rings is 2. The molecular formula is C34H34F2N6O5. The van der Waals surface area contributed by atoms with E-state index in [2.05, 4.69) is 5.32 Å². The van der Waals surface area contributed by atoms with E-state index in [4.69, 9.17) is 0 Å². The Balaban J connectivity index is 1.08. The second-order valence-corrected chi connectivity index (χ2v) is 13.0. The molecule has 2 saturated carbocycles. The standard InChI is InChI=1S/C34H34F2N6O5/c35-25-13-21-27(15-29(25)38-7-5-37-6-8-38)41(19-1-2-19)17-23(31(21)43)33(45)40-11-9-39(10-12-40)30-16-28-22(14-26(30)36)32(44)24(34(46)47)18-42(28)20-3-4-20/h13-20,37H,1-12H2,(H,46,47). The van der Waals surface area contributed by atoms with Gasteiger partial charge in [-0.25, -0.2) is 13.6 Å². The lowest BCUT2D eigenvalue weighted by Crippen LogP contribution is -2.50. The summed E-state index contributed by atoms with van der Waals surface area (Å²) in [5.41, 5.74) is 0.195. The van der Waals surface area contributed by atoms with E-state index < -0.39 is 34.4 Å². The van der Waals surface area contributed by atoms with Gasteiger partial charge >= 0.3 is 5.97 Å². The van der Waals surface area contributed by atoms with E-state index in [1.54, 1.807) is 32.7 Å². The molecule has 0 radical (unpaired) electrons. The summed E-state index contributed by atoms with van der Waals surface area (Å²) in [6.45, 7) is 3.82. The quantitative estimate of drug-likeness (QED) is 0.328. The number of fused-ring (bicyclic) bond motifs is 2. The van der Waals surface area contributed by atoms with E-state index in [0.29, 0.717) is 29.8 Å². The number of halogens is 2. The van der Waals surface area contributed by atoms with Crippen molar-refractivity contribution in [3.8, 4) is 0 Å². The van der Waals surface area contributed by atoms with E-state index >= 15 is 8.78 Å². The zero-order valence-electron chi connectivity index (χ0n) is 25.7. The summed E-state index contributed by atoms with van der Waals surface area (Å²) in [7, 11) is 0. The summed E-state index contributed by atoms with van der Waals surface area (Å²) in [5.74, 6) is -2.93. The van der Waals surface area contributed by atoms with Crippen LogP contribution in [0.25, 0.3) is 21.8 Å². The van der Waals surface area contributed by atoms with Crippen LogP contribution in [0.1, 0.15) is 58.5 Å². The minimum absolute atomic E-state index is 0.00765. The molecule has 0 spiro atoms. The number of hydrogen-bond donors (Lipinski definition) is 2. The number of benzene rings is 2. The van der Waals surface area contributed by atoms with E-state index in [1.807, 2.05) is 9.47 Å².